The first kappa shape index (κ1) is 15.3. The molecule has 0 aliphatic rings. The lowest BCUT2D eigenvalue weighted by Gasteiger charge is -2.32. The molecule has 18 heavy (non-hydrogen) atoms. The molecule has 0 fully saturated rings. The van der Waals surface area contributed by atoms with Crippen LogP contribution in [-0.4, -0.2) is 14.2 Å². The van der Waals surface area contributed by atoms with Crippen LogP contribution in [0.5, 0.6) is 11.5 Å². The minimum atomic E-state index is -0.0837. The summed E-state index contributed by atoms with van der Waals surface area (Å²) in [5.41, 5.74) is 7.39. The average molecular weight is 316 g/mol. The average Bonchev–Trinajstić information content (AvgIpc) is 2.37. The standard InChI is InChI=1S/C14H22BrNO2/c1-6-14(2,3)13(16)9-7-8-10(17-4)11(15)12(9)18-5/h7-8,13H,6,16H2,1-5H3. The van der Waals surface area contributed by atoms with Gasteiger partial charge in [-0.3, -0.25) is 0 Å². The highest BCUT2D eigenvalue weighted by Crippen LogP contribution is 2.44. The lowest BCUT2D eigenvalue weighted by atomic mass is 9.78. The Morgan fingerprint density at radius 2 is 1.89 bits per heavy atom. The van der Waals surface area contributed by atoms with E-state index in [4.69, 9.17) is 15.2 Å². The quantitative estimate of drug-likeness (QED) is 0.896. The van der Waals surface area contributed by atoms with Crippen molar-refractivity contribution in [1.82, 2.24) is 0 Å². The normalized spacial score (nSPS) is 13.3. The lowest BCUT2D eigenvalue weighted by Crippen LogP contribution is -2.29. The van der Waals surface area contributed by atoms with Crippen molar-refractivity contribution in [2.24, 2.45) is 11.1 Å². The van der Waals surface area contributed by atoms with Crippen LogP contribution in [0.2, 0.25) is 0 Å². The number of halogens is 1. The fourth-order valence-corrected chi connectivity index (χ4v) is 2.49. The summed E-state index contributed by atoms with van der Waals surface area (Å²) >= 11 is 3.50. The summed E-state index contributed by atoms with van der Waals surface area (Å²) < 4.78 is 11.6. The lowest BCUT2D eigenvalue weighted by molar-refractivity contribution is 0.270. The van der Waals surface area contributed by atoms with Gasteiger partial charge in [0, 0.05) is 11.6 Å². The van der Waals surface area contributed by atoms with Gasteiger partial charge in [-0.2, -0.15) is 0 Å². The molecule has 1 rings (SSSR count). The summed E-state index contributed by atoms with van der Waals surface area (Å²) in [6.07, 6.45) is 1.00. The van der Waals surface area contributed by atoms with Crippen LogP contribution in [0.25, 0.3) is 0 Å². The monoisotopic (exact) mass is 315 g/mol. The topological polar surface area (TPSA) is 44.5 Å². The van der Waals surface area contributed by atoms with Crippen LogP contribution in [-0.2, 0) is 0 Å². The highest BCUT2D eigenvalue weighted by atomic mass is 79.9. The van der Waals surface area contributed by atoms with Crippen molar-refractivity contribution in [3.05, 3.63) is 22.2 Å². The predicted molar refractivity (Wildman–Crippen MR) is 78.2 cm³/mol. The number of hydrogen-bond donors (Lipinski definition) is 1. The highest BCUT2D eigenvalue weighted by molar-refractivity contribution is 9.10. The van der Waals surface area contributed by atoms with Gasteiger partial charge >= 0.3 is 0 Å². The van der Waals surface area contributed by atoms with Crippen LogP contribution in [0.4, 0.5) is 0 Å². The van der Waals surface area contributed by atoms with E-state index >= 15 is 0 Å². The minimum Gasteiger partial charge on any atom is -0.495 e. The minimum absolute atomic E-state index is 0.0152. The van der Waals surface area contributed by atoms with Gasteiger partial charge in [0.2, 0.25) is 0 Å². The largest absolute Gasteiger partial charge is 0.495 e. The van der Waals surface area contributed by atoms with E-state index in [1.807, 2.05) is 12.1 Å². The molecule has 1 atom stereocenters. The molecule has 0 spiro atoms. The smallest absolute Gasteiger partial charge is 0.141 e. The Morgan fingerprint density at radius 3 is 2.33 bits per heavy atom. The van der Waals surface area contributed by atoms with E-state index in [0.29, 0.717) is 0 Å². The molecule has 2 N–H and O–H groups in total. The van der Waals surface area contributed by atoms with Crippen molar-refractivity contribution in [2.45, 2.75) is 33.2 Å². The number of ether oxygens (including phenoxy) is 2. The molecule has 3 nitrogen and oxygen atoms in total. The SMILES string of the molecule is CCC(C)(C)C(N)c1ccc(OC)c(Br)c1OC. The molecule has 4 heteroatoms. The Bertz CT molecular complexity index is 419. The van der Waals surface area contributed by atoms with Crippen LogP contribution < -0.4 is 15.2 Å². The zero-order valence-corrected chi connectivity index (χ0v) is 13.3. The van der Waals surface area contributed by atoms with Crippen LogP contribution >= 0.6 is 15.9 Å². The maximum atomic E-state index is 6.38. The summed E-state index contributed by atoms with van der Waals surface area (Å²) in [5.74, 6) is 1.50. The summed E-state index contributed by atoms with van der Waals surface area (Å²) in [4.78, 5) is 0. The number of hydrogen-bond acceptors (Lipinski definition) is 3. The van der Waals surface area contributed by atoms with Crippen LogP contribution in [0.1, 0.15) is 38.8 Å². The van der Waals surface area contributed by atoms with E-state index in [1.165, 1.54) is 0 Å². The first-order valence-electron chi connectivity index (χ1n) is 6.05. The Labute approximate surface area is 118 Å². The first-order valence-corrected chi connectivity index (χ1v) is 6.84. The third-order valence-electron chi connectivity index (χ3n) is 3.60. The van der Waals surface area contributed by atoms with Crippen LogP contribution in [0.15, 0.2) is 16.6 Å². The van der Waals surface area contributed by atoms with Gasteiger partial charge < -0.3 is 15.2 Å². The number of nitrogens with two attached hydrogens (primary N) is 1. The first-order chi connectivity index (χ1) is 8.38. The molecule has 0 amide bonds. The molecule has 0 aromatic heterocycles. The number of methoxy groups -OCH3 is 2. The molecule has 0 saturated heterocycles. The third-order valence-corrected chi connectivity index (χ3v) is 4.36. The van der Waals surface area contributed by atoms with Crippen molar-refractivity contribution in [3.8, 4) is 11.5 Å². The fourth-order valence-electron chi connectivity index (χ4n) is 1.80. The van der Waals surface area contributed by atoms with E-state index in [0.717, 1.165) is 28.0 Å². The molecular weight excluding hydrogens is 294 g/mol. The Hall–Kier alpha value is -0.740. The molecule has 0 saturated carbocycles. The van der Waals surface area contributed by atoms with E-state index in [-0.39, 0.29) is 11.5 Å². The molecule has 102 valence electrons. The molecule has 1 aromatic rings. The maximum Gasteiger partial charge on any atom is 0.141 e. The Balaban J connectivity index is 3.29. The van der Waals surface area contributed by atoms with E-state index in [1.54, 1.807) is 14.2 Å². The summed E-state index contributed by atoms with van der Waals surface area (Å²) in [6, 6.07) is 3.80. The Morgan fingerprint density at radius 1 is 1.28 bits per heavy atom. The molecule has 0 heterocycles. The van der Waals surface area contributed by atoms with Crippen molar-refractivity contribution in [3.63, 3.8) is 0 Å². The molecule has 0 aliphatic carbocycles. The van der Waals surface area contributed by atoms with Crippen molar-refractivity contribution in [2.75, 3.05) is 14.2 Å². The van der Waals surface area contributed by atoms with Crippen LogP contribution in [0, 0.1) is 5.41 Å². The van der Waals surface area contributed by atoms with Gasteiger partial charge in [-0.25, -0.2) is 0 Å². The van der Waals surface area contributed by atoms with Gasteiger partial charge in [0.15, 0.2) is 0 Å². The summed E-state index contributed by atoms with van der Waals surface area (Å²) in [7, 11) is 3.28. The van der Waals surface area contributed by atoms with Gasteiger partial charge in [-0.1, -0.05) is 20.8 Å². The van der Waals surface area contributed by atoms with Crippen molar-refractivity contribution < 1.29 is 9.47 Å². The molecule has 0 bridgehead atoms. The maximum absolute atomic E-state index is 6.38. The van der Waals surface area contributed by atoms with Gasteiger partial charge in [-0.15, -0.1) is 0 Å². The molecule has 0 radical (unpaired) electrons. The molecule has 0 aliphatic heterocycles. The molecule has 1 aromatic carbocycles. The predicted octanol–water partition coefficient (Wildman–Crippen LogP) is 3.90. The highest BCUT2D eigenvalue weighted by Gasteiger charge is 2.29. The fraction of sp³-hybridized carbons (Fsp3) is 0.571. The number of rotatable bonds is 5. The van der Waals surface area contributed by atoms with Gasteiger partial charge in [0.25, 0.3) is 0 Å². The van der Waals surface area contributed by atoms with E-state index in [2.05, 4.69) is 36.7 Å². The Kier molecular flexibility index (Phi) is 5.05. The second-order valence-corrected chi connectivity index (χ2v) is 5.82. The van der Waals surface area contributed by atoms with Gasteiger partial charge in [0.05, 0.1) is 14.2 Å². The molecular formula is C14H22BrNO2. The third kappa shape index (κ3) is 2.81. The zero-order valence-electron chi connectivity index (χ0n) is 11.7. The van der Waals surface area contributed by atoms with Crippen molar-refractivity contribution >= 4 is 15.9 Å². The van der Waals surface area contributed by atoms with Crippen LogP contribution in [0.3, 0.4) is 0 Å². The van der Waals surface area contributed by atoms with Crippen molar-refractivity contribution in [1.29, 1.82) is 0 Å². The van der Waals surface area contributed by atoms with Gasteiger partial charge in [-0.05, 0) is 39.9 Å². The van der Waals surface area contributed by atoms with Gasteiger partial charge in [0.1, 0.15) is 16.0 Å². The second kappa shape index (κ2) is 5.93. The molecule has 1 unspecified atom stereocenters. The van der Waals surface area contributed by atoms with E-state index in [9.17, 15) is 0 Å². The number of benzene rings is 1. The second-order valence-electron chi connectivity index (χ2n) is 5.02. The summed E-state index contributed by atoms with van der Waals surface area (Å²) in [5, 5.41) is 0. The zero-order chi connectivity index (χ0) is 13.9. The summed E-state index contributed by atoms with van der Waals surface area (Å²) in [6.45, 7) is 6.47. The van der Waals surface area contributed by atoms with E-state index < -0.39 is 0 Å².